The molecule has 5 amide bonds. The highest BCUT2D eigenvalue weighted by molar-refractivity contribution is 5.94. The van der Waals surface area contributed by atoms with Crippen molar-refractivity contribution in [3.63, 3.8) is 0 Å². The molecule has 2 aromatic carbocycles. The fraction of sp³-hybridized carbons (Fsp3) is 0.568. The van der Waals surface area contributed by atoms with Crippen molar-refractivity contribution in [3.8, 4) is 0 Å². The van der Waals surface area contributed by atoms with Gasteiger partial charge in [0.05, 0.1) is 18.8 Å². The maximum absolute atomic E-state index is 14.2. The van der Waals surface area contributed by atoms with Gasteiger partial charge in [-0.05, 0) is 63.1 Å². The summed E-state index contributed by atoms with van der Waals surface area (Å²) in [6.07, 6.45) is 2.29. The Labute approximate surface area is 364 Å². The summed E-state index contributed by atoms with van der Waals surface area (Å²) in [6.45, 7) is 9.56. The molecule has 0 fully saturated rings. The van der Waals surface area contributed by atoms with Crippen LogP contribution in [0.1, 0.15) is 90.7 Å². The summed E-state index contributed by atoms with van der Waals surface area (Å²) >= 11 is 0. The summed E-state index contributed by atoms with van der Waals surface area (Å²) in [5.74, 6) is -5.59. The van der Waals surface area contributed by atoms with E-state index in [0.29, 0.717) is 38.6 Å². The van der Waals surface area contributed by atoms with Crippen molar-refractivity contribution in [2.24, 2.45) is 11.7 Å². The lowest BCUT2D eigenvalue weighted by Gasteiger charge is -2.27. The molecule has 0 radical (unpaired) electrons. The predicted octanol–water partition coefficient (Wildman–Crippen LogP) is -1.07. The fourth-order valence-corrected chi connectivity index (χ4v) is 6.64. The third-order valence-corrected chi connectivity index (χ3v) is 10.3. The zero-order valence-electron chi connectivity index (χ0n) is 36.9. The van der Waals surface area contributed by atoms with Crippen molar-refractivity contribution in [3.05, 3.63) is 71.8 Å². The summed E-state index contributed by atoms with van der Waals surface area (Å²) in [5.41, 5.74) is 11.5. The minimum atomic E-state index is -1.36. The second kappa shape index (κ2) is 28.2. The fourth-order valence-electron chi connectivity index (χ4n) is 6.64. The van der Waals surface area contributed by atoms with Crippen LogP contribution in [0, 0.1) is 5.92 Å². The Bertz CT molecular complexity index is 1720. The highest BCUT2D eigenvalue weighted by Crippen LogP contribution is 2.09. The van der Waals surface area contributed by atoms with Crippen LogP contribution < -0.4 is 48.7 Å². The van der Waals surface area contributed by atoms with Crippen LogP contribution in [0.5, 0.6) is 0 Å². The molecule has 18 heteroatoms. The average molecular weight is 870 g/mol. The first-order chi connectivity index (χ1) is 29.4. The van der Waals surface area contributed by atoms with E-state index in [1.165, 1.54) is 6.92 Å². The van der Waals surface area contributed by atoms with Gasteiger partial charge in [0.15, 0.2) is 12.1 Å². The van der Waals surface area contributed by atoms with Gasteiger partial charge in [-0.3, -0.25) is 28.8 Å². The van der Waals surface area contributed by atoms with Crippen molar-refractivity contribution in [1.29, 1.82) is 0 Å². The Balaban J connectivity index is 2.32. The molecule has 62 heavy (non-hydrogen) atoms. The van der Waals surface area contributed by atoms with Crippen LogP contribution in [-0.2, 0) is 46.4 Å². The zero-order chi connectivity index (χ0) is 46.2. The third-order valence-electron chi connectivity index (χ3n) is 10.3. The monoisotopic (exact) mass is 870 g/mol. The van der Waals surface area contributed by atoms with Crippen LogP contribution in [0.4, 0.5) is 0 Å². The molecule has 18 nitrogen and oxygen atoms in total. The maximum atomic E-state index is 14.2. The Hall–Kier alpha value is -5.43. The molecule has 0 bridgehead atoms. The molecule has 0 aliphatic carbocycles. The molecule has 0 heterocycles. The largest absolute Gasteiger partial charge is 0.481 e. The van der Waals surface area contributed by atoms with E-state index in [1.54, 1.807) is 5.32 Å². The topological polar surface area (TPSA) is 302 Å². The minimum Gasteiger partial charge on any atom is -0.481 e. The molecule has 0 aromatic heterocycles. The van der Waals surface area contributed by atoms with E-state index in [-0.39, 0.29) is 43.8 Å². The number of amides is 5. The van der Waals surface area contributed by atoms with E-state index < -0.39 is 84.3 Å². The summed E-state index contributed by atoms with van der Waals surface area (Å²) in [6, 6.07) is 12.0. The normalized spacial score (nSPS) is 15.1. The molecule has 0 spiro atoms. The zero-order valence-corrected chi connectivity index (χ0v) is 36.9. The number of hydrogen-bond donors (Lipinski definition) is 11. The van der Waals surface area contributed by atoms with Crippen LogP contribution in [0.25, 0.3) is 0 Å². The van der Waals surface area contributed by atoms with Gasteiger partial charge in [-0.25, -0.2) is 4.79 Å². The first kappa shape index (κ1) is 52.7. The Morgan fingerprint density at radius 3 is 1.82 bits per heavy atom. The average Bonchev–Trinajstić information content (AvgIpc) is 3.22. The summed E-state index contributed by atoms with van der Waals surface area (Å²) in [5, 5.41) is 37.5. The molecule has 15 N–H and O–H groups in total. The van der Waals surface area contributed by atoms with Gasteiger partial charge in [0.2, 0.25) is 17.7 Å². The molecule has 2 aromatic rings. The van der Waals surface area contributed by atoms with Gasteiger partial charge in [-0.1, -0.05) is 94.3 Å². The number of unbranched alkanes of at least 4 members (excludes halogenated alkanes) is 1. The SMILES string of the molecule is CCCC[C@H](NC(=O)[C@H](C)NC(=O)[C@H](CCC(=O)O)NC(=O)[C@H](Cc1ccccc1)[NH2+]C[C@H](Cc1ccccc1)NC(=O)[C@@H](NC(=O)[C@@H]([NH3+])CCCNC(C)N)C(C)C)C(=O)O. The molecule has 0 aliphatic heterocycles. The van der Waals surface area contributed by atoms with E-state index in [0.717, 1.165) is 11.1 Å². The van der Waals surface area contributed by atoms with Crippen LogP contribution in [0.15, 0.2) is 60.7 Å². The van der Waals surface area contributed by atoms with E-state index in [1.807, 2.05) is 88.4 Å². The predicted molar refractivity (Wildman–Crippen MR) is 233 cm³/mol. The van der Waals surface area contributed by atoms with Crippen LogP contribution >= 0.6 is 0 Å². The number of nitrogens with one attached hydrogen (secondary N) is 6. The number of carbonyl (C=O) groups excluding carboxylic acids is 5. The molecule has 1 unspecified atom stereocenters. The Kier molecular flexibility index (Phi) is 24.0. The molecule has 2 rings (SSSR count). The lowest BCUT2D eigenvalue weighted by atomic mass is 9.99. The molecule has 0 aliphatic rings. The van der Waals surface area contributed by atoms with Crippen LogP contribution in [0.3, 0.4) is 0 Å². The minimum absolute atomic E-state index is 0.176. The number of benzene rings is 2. The summed E-state index contributed by atoms with van der Waals surface area (Å²) < 4.78 is 0. The standard InChI is InChI=1S/C44H69N9O9/c1-6-7-20-35(44(61)62)52-39(56)28(4)49-41(58)34(21-22-37(54)55)51-42(59)36(25-31-17-12-9-13-18-31)48-26-32(24-30-15-10-8-11-16-30)50-43(60)38(27(2)3)53-40(57)33(46)19-14-23-47-29(5)45/h8-13,15-18,27-29,32-36,38,47-48H,6-7,14,19-26,45-46H2,1-5H3,(H,49,58)(H,50,60)(H,51,59)(H,52,56)(H,53,57)(H,54,55)(H,61,62)/p+2/t28-,29?,32-,33-,34-,35-,36-,38-/m0/s1. The van der Waals surface area contributed by atoms with Crippen molar-refractivity contribution in [2.45, 2.75) is 141 Å². The molecular weight excluding hydrogens is 799 g/mol. The molecule has 344 valence electrons. The molecule has 0 saturated heterocycles. The smallest absolute Gasteiger partial charge is 0.326 e. The first-order valence-electron chi connectivity index (χ1n) is 21.6. The van der Waals surface area contributed by atoms with Gasteiger partial charge in [0, 0.05) is 19.3 Å². The number of hydrogen-bond acceptors (Lipinski definition) is 9. The Morgan fingerprint density at radius 2 is 1.27 bits per heavy atom. The van der Waals surface area contributed by atoms with Gasteiger partial charge in [-0.2, -0.15) is 0 Å². The number of carboxylic acids is 2. The van der Waals surface area contributed by atoms with E-state index >= 15 is 0 Å². The van der Waals surface area contributed by atoms with E-state index in [2.05, 4.69) is 37.6 Å². The number of carboxylic acid groups (broad SMARTS) is 2. The van der Waals surface area contributed by atoms with Crippen molar-refractivity contribution >= 4 is 41.5 Å². The lowest BCUT2D eigenvalue weighted by Crippen LogP contribution is -2.95. The van der Waals surface area contributed by atoms with Crippen LogP contribution in [0.2, 0.25) is 0 Å². The van der Waals surface area contributed by atoms with E-state index in [9.17, 15) is 43.8 Å². The molecule has 0 saturated carbocycles. The second-order valence-electron chi connectivity index (χ2n) is 16.2. The van der Waals surface area contributed by atoms with Gasteiger partial charge in [-0.15, -0.1) is 0 Å². The quantitative estimate of drug-likeness (QED) is 0.0332. The second-order valence-corrected chi connectivity index (χ2v) is 16.2. The number of quaternary nitrogens is 2. The lowest BCUT2D eigenvalue weighted by molar-refractivity contribution is -0.678. The van der Waals surface area contributed by atoms with Gasteiger partial charge in [0.25, 0.3) is 11.8 Å². The van der Waals surface area contributed by atoms with Gasteiger partial charge < -0.3 is 58.9 Å². The van der Waals surface area contributed by atoms with E-state index in [4.69, 9.17) is 5.73 Å². The number of carbonyl (C=O) groups is 7. The number of rotatable bonds is 30. The third kappa shape index (κ3) is 20.4. The molecule has 8 atom stereocenters. The number of aliphatic carboxylic acids is 2. The maximum Gasteiger partial charge on any atom is 0.326 e. The van der Waals surface area contributed by atoms with Crippen molar-refractivity contribution in [1.82, 2.24) is 31.9 Å². The van der Waals surface area contributed by atoms with Gasteiger partial charge in [0.1, 0.15) is 24.2 Å². The number of nitrogens with two attached hydrogens (primary N) is 2. The van der Waals surface area contributed by atoms with Crippen LogP contribution in [-0.4, -0.2) is 113 Å². The highest BCUT2D eigenvalue weighted by Gasteiger charge is 2.33. The summed E-state index contributed by atoms with van der Waals surface area (Å²) in [4.78, 5) is 91.2. The first-order valence-corrected chi connectivity index (χ1v) is 21.6. The Morgan fingerprint density at radius 1 is 0.677 bits per heavy atom. The highest BCUT2D eigenvalue weighted by atomic mass is 16.4. The van der Waals surface area contributed by atoms with Crippen molar-refractivity contribution in [2.75, 3.05) is 13.1 Å². The summed E-state index contributed by atoms with van der Waals surface area (Å²) in [7, 11) is 0. The van der Waals surface area contributed by atoms with Gasteiger partial charge >= 0.3 is 11.9 Å². The molecular formula is C44H71N9O9+2. The van der Waals surface area contributed by atoms with Crippen molar-refractivity contribution < 1.29 is 54.8 Å².